The summed E-state index contributed by atoms with van der Waals surface area (Å²) in [6.45, 7) is 37.1. The van der Waals surface area contributed by atoms with Gasteiger partial charge in [-0.15, -0.1) is 0 Å². The minimum absolute atomic E-state index is 0. The number of aromatic nitrogens is 6. The first kappa shape index (κ1) is 253. The molecule has 0 atom stereocenters. The number of pyridine rings is 2. The number of benzene rings is 2. The number of anilines is 2. The molecule has 0 spiro atoms. The SMILES string of the molecule is C.C.C.C.C.C.C.C.C.C.C.C.C.C.C.C.C.C.C.C.C.C.C.C.C.C.C.C.C.C.C.C.C.C.C.C.C.C.C.C.C.C.C.C.CC(C)(C)[Si](C)(C)C(=O)C1CCC(Nc2ncc3cc(-c4ccccc4Cl)c(=O)[nH]c3n2)CC1.CC(C)[Si](OCCn1c(=O)c(-c2ccccc2Cl)cc2cnc(NC3CCC(O[Si](C)(C)C(C)(C)C)CC3)nc21)(C(C)C)C(C)C. The van der Waals surface area contributed by atoms with Crippen LogP contribution in [0.4, 0.5) is 11.9 Å². The quantitative estimate of drug-likeness (QED) is 0.0744. The van der Waals surface area contributed by atoms with Crippen LogP contribution in [-0.4, -0.2) is 84.4 Å². The van der Waals surface area contributed by atoms with Crippen LogP contribution < -0.4 is 21.8 Å². The van der Waals surface area contributed by atoms with Crippen molar-refractivity contribution in [2.24, 2.45) is 5.92 Å². The number of H-pyrrole nitrogens is 1. The summed E-state index contributed by atoms with van der Waals surface area (Å²) in [6, 6.07) is 18.9. The molecule has 18 heteroatoms. The first-order chi connectivity index (χ1) is 37.4. The lowest BCUT2D eigenvalue weighted by Gasteiger charge is -2.42. The molecule has 4 heterocycles. The second-order valence-electron chi connectivity index (χ2n) is 26.6. The largest absolute Gasteiger partial charge is 0.414 e. The zero-order valence-electron chi connectivity index (χ0n) is 50.6. The monoisotopic (exact) mass is 1890 g/mol. The Morgan fingerprint density at radius 1 is 0.444 bits per heavy atom. The van der Waals surface area contributed by atoms with E-state index in [1.807, 2.05) is 54.7 Å². The van der Waals surface area contributed by atoms with Crippen molar-refractivity contribution in [3.05, 3.63) is 104 Å². The molecule has 13 nitrogen and oxygen atoms in total. The van der Waals surface area contributed by atoms with Crippen LogP contribution in [0.1, 0.15) is 461 Å². The van der Waals surface area contributed by atoms with Crippen LogP contribution in [0.2, 0.25) is 62.9 Å². The van der Waals surface area contributed by atoms with E-state index < -0.39 is 24.7 Å². The van der Waals surface area contributed by atoms with Gasteiger partial charge in [0.2, 0.25) is 11.9 Å². The maximum Gasteiger partial charge on any atom is 0.260 e. The third-order valence-corrected chi connectivity index (χ3v) is 35.0. The fourth-order valence-electron chi connectivity index (χ4n) is 11.7. The molecule has 786 valence electrons. The number of hydrogen-bond acceptors (Lipinski definition) is 11. The summed E-state index contributed by atoms with van der Waals surface area (Å²) >= 11 is 12.9. The average molecular weight is 1890 g/mol. The van der Waals surface area contributed by atoms with E-state index in [1.54, 1.807) is 22.9 Å². The molecule has 0 aliphatic heterocycles. The van der Waals surface area contributed by atoms with Crippen LogP contribution in [0.25, 0.3) is 44.3 Å². The molecule has 6 aromatic rings. The Balaban J connectivity index is -0.0000000248. The number of carbonyl (C=O) groups excluding carboxylic acids is 1. The standard InChI is InChI=1S/C36H57ClN4O3Si2.C26H33ClN4O2Si.44CH4/c1-24(2)46(25(3)4,26(5)6)43-21-20-41-33-27(22-31(34(41)42)30-14-12-13-15-32(30)37)23-38-35(40-33)39-28-16-18-29(19-17-28)44-45(10,11)36(7,8)9;1-26(2,3)34(4,5)24(33)16-10-12-18(13-11-16)29-25-28-15-17-14-20(23(32)30-22(17)31-25)19-8-6-7-9-21(19)27;;;;;;;;;;;;;;;;;;;;;;;;;;;;;;;;;;;;;;;;;;;;/h12-15,22-26,28-29H,16-21H2,1-11H3,(H,38,39,40);6-9,14-16,18H,10-13H2,1-5H3,(H2,28,29,30,31,32);44*1H4. The summed E-state index contributed by atoms with van der Waals surface area (Å²) in [4.78, 5) is 61.7. The van der Waals surface area contributed by atoms with Crippen molar-refractivity contribution >= 4 is 87.3 Å². The zero-order chi connectivity index (χ0) is 58.7. The second kappa shape index (κ2) is 104. The molecule has 3 N–H and O–H groups in total. The Bertz CT molecular complexity index is 3240. The van der Waals surface area contributed by atoms with Crippen molar-refractivity contribution in [1.82, 2.24) is 29.5 Å². The van der Waals surface area contributed by atoms with E-state index in [0.717, 1.165) is 62.1 Å². The second-order valence-corrected chi connectivity index (χ2v) is 42.8. The lowest BCUT2D eigenvalue weighted by atomic mass is 9.87. The molecule has 2 saturated carbocycles. The fourth-order valence-corrected chi connectivity index (χ4v) is 21.1. The number of nitrogens with zero attached hydrogens (tertiary/aromatic N) is 5. The first-order valence-corrected chi connectivity index (χ1v) is 37.9. The highest BCUT2D eigenvalue weighted by molar-refractivity contribution is 7.06. The summed E-state index contributed by atoms with van der Waals surface area (Å²) in [5.41, 5.74) is 4.52. The molecule has 0 bridgehead atoms. The van der Waals surface area contributed by atoms with Gasteiger partial charge in [-0.1, -0.05) is 483 Å². The lowest BCUT2D eigenvalue weighted by Crippen LogP contribution is -2.50. The van der Waals surface area contributed by atoms with E-state index in [1.165, 1.54) is 0 Å². The van der Waals surface area contributed by atoms with Gasteiger partial charge in [0.1, 0.15) is 24.8 Å². The smallest absolute Gasteiger partial charge is 0.260 e. The van der Waals surface area contributed by atoms with Gasteiger partial charge in [0.25, 0.3) is 11.1 Å². The normalized spacial score (nSPS) is 12.0. The van der Waals surface area contributed by atoms with Crippen molar-refractivity contribution in [2.75, 3.05) is 17.2 Å². The molecule has 2 aromatic carbocycles. The number of aromatic amines is 1. The third-order valence-electron chi connectivity index (χ3n) is 18.3. The van der Waals surface area contributed by atoms with Crippen molar-refractivity contribution in [3.63, 3.8) is 0 Å². The molecule has 2 aliphatic carbocycles. The molecule has 124 heavy (non-hydrogen) atoms. The highest BCUT2D eigenvalue weighted by atomic mass is 35.5. The predicted octanol–water partition coefficient (Wildman–Crippen LogP) is 44.3. The molecule has 2 fully saturated rings. The van der Waals surface area contributed by atoms with Crippen LogP contribution in [0.5, 0.6) is 0 Å². The average Bonchev–Trinajstić information content (AvgIpc) is 0.770. The molecule has 0 unspecified atom stereocenters. The Morgan fingerprint density at radius 3 is 1.09 bits per heavy atom. The number of rotatable bonds is 17. The third kappa shape index (κ3) is 58.2. The van der Waals surface area contributed by atoms with Crippen LogP contribution in [0.15, 0.2) is 82.6 Å². The Kier molecular flexibility index (Phi) is 212. The van der Waals surface area contributed by atoms with Crippen molar-refractivity contribution in [1.29, 1.82) is 0 Å². The summed E-state index contributed by atoms with van der Waals surface area (Å²) < 4.78 is 15.4. The van der Waals surface area contributed by atoms with Gasteiger partial charge in [-0.05, 0) is 115 Å². The number of fused-ring (bicyclic) bond motifs is 2. The van der Waals surface area contributed by atoms with Gasteiger partial charge >= 0.3 is 0 Å². The Hall–Kier alpha value is -4.56. The van der Waals surface area contributed by atoms with E-state index in [9.17, 15) is 14.4 Å². The van der Waals surface area contributed by atoms with Gasteiger partial charge in [0, 0.05) is 86.1 Å². The van der Waals surface area contributed by atoms with E-state index in [0.29, 0.717) is 96.8 Å². The number of hydrogen-bond donors (Lipinski definition) is 3. The van der Waals surface area contributed by atoms with Gasteiger partial charge in [-0.25, -0.2) is 9.97 Å². The molecule has 0 radical (unpaired) electrons. The molecule has 2 aliphatic rings. The Labute approximate surface area is 813 Å². The van der Waals surface area contributed by atoms with Gasteiger partial charge in [-0.2, -0.15) is 9.97 Å². The fraction of sp³-hybridized carbons (Fsp3) is 0.745. The van der Waals surface area contributed by atoms with E-state index in [4.69, 9.17) is 42.0 Å². The minimum atomic E-state index is -2.11. The van der Waals surface area contributed by atoms with Crippen molar-refractivity contribution in [3.8, 4) is 22.3 Å². The first-order valence-electron chi connectivity index (χ1n) is 29.1. The van der Waals surface area contributed by atoms with Crippen LogP contribution in [0.3, 0.4) is 0 Å². The van der Waals surface area contributed by atoms with Crippen LogP contribution in [0, 0.1) is 5.92 Å². The minimum Gasteiger partial charge on any atom is -0.414 e. The van der Waals surface area contributed by atoms with Crippen molar-refractivity contribution < 1.29 is 13.6 Å². The molecule has 8 rings (SSSR count). The lowest BCUT2D eigenvalue weighted by molar-refractivity contribution is -0.117. The summed E-state index contributed by atoms with van der Waals surface area (Å²) in [6.07, 6.45) is 11.5. The van der Waals surface area contributed by atoms with Crippen LogP contribution in [-0.2, 0) is 20.2 Å². The number of carbonyl (C=O) groups is 1. The molecular weight excluding hydrogens is 1620 g/mol. The maximum atomic E-state index is 14.2. The topological polar surface area (TPSA) is 166 Å². The van der Waals surface area contributed by atoms with Crippen LogP contribution >= 0.6 is 23.2 Å². The Morgan fingerprint density at radius 2 is 0.758 bits per heavy atom. The van der Waals surface area contributed by atoms with E-state index in [2.05, 4.69) is 135 Å². The molecular formula is C106H266Cl2N8O5Si3. The summed E-state index contributed by atoms with van der Waals surface area (Å²) in [5.74, 6) is 1.21. The molecule has 0 saturated heterocycles. The van der Waals surface area contributed by atoms with Gasteiger partial charge in [-0.3, -0.25) is 14.2 Å². The number of halogens is 2. The van der Waals surface area contributed by atoms with Gasteiger partial charge < -0.3 is 29.3 Å². The molecule has 4 aromatic heterocycles. The predicted molar refractivity (Wildman–Crippen MR) is 638 cm³/mol. The zero-order valence-corrected chi connectivity index (χ0v) is 55.1. The van der Waals surface area contributed by atoms with Gasteiger partial charge in [0.05, 0.1) is 6.61 Å². The highest BCUT2D eigenvalue weighted by Crippen LogP contribution is 2.44. The summed E-state index contributed by atoms with van der Waals surface area (Å²) in [5, 5.41) is 10.4. The highest BCUT2D eigenvalue weighted by Gasteiger charge is 2.47. The van der Waals surface area contributed by atoms with E-state index >= 15 is 0 Å². The van der Waals surface area contributed by atoms with E-state index in [-0.39, 0.29) is 366 Å². The maximum absolute atomic E-state index is 14.2. The molecule has 0 amide bonds. The van der Waals surface area contributed by atoms with Gasteiger partial charge in [0.15, 0.2) is 16.6 Å². The van der Waals surface area contributed by atoms with Crippen molar-refractivity contribution in [2.45, 2.75) is 539 Å². The summed E-state index contributed by atoms with van der Waals surface area (Å²) in [7, 11) is -5.90. The number of nitrogens with one attached hydrogen (secondary N) is 3.